The van der Waals surface area contributed by atoms with Gasteiger partial charge in [0.05, 0.1) is 7.11 Å². The van der Waals surface area contributed by atoms with Crippen LogP contribution in [0.1, 0.15) is 36.5 Å². The van der Waals surface area contributed by atoms with Crippen molar-refractivity contribution in [1.29, 1.82) is 0 Å². The molecule has 0 bridgehead atoms. The highest BCUT2D eigenvalue weighted by Gasteiger charge is 2.06. The summed E-state index contributed by atoms with van der Waals surface area (Å²) in [6, 6.07) is 4.65. The Morgan fingerprint density at radius 2 is 1.94 bits per heavy atom. The zero-order chi connectivity index (χ0) is 12.1. The van der Waals surface area contributed by atoms with E-state index in [0.29, 0.717) is 6.04 Å². The van der Waals surface area contributed by atoms with Crippen molar-refractivity contribution < 1.29 is 4.74 Å². The molecule has 0 saturated heterocycles. The van der Waals surface area contributed by atoms with Gasteiger partial charge in [0.25, 0.3) is 0 Å². The van der Waals surface area contributed by atoms with Crippen molar-refractivity contribution in [2.24, 2.45) is 5.73 Å². The third-order valence-electron chi connectivity index (χ3n) is 3.16. The standard InChI is InChI=1S/C14H23NO/c1-5-13(15)7-6-12-8-11(3)14(16-4)9-10(12)2/h8-9,13H,5-7,15H2,1-4H3. The number of nitrogens with two attached hydrogens (primary N) is 1. The predicted octanol–water partition coefficient (Wildman–Crippen LogP) is 2.98. The zero-order valence-electron chi connectivity index (χ0n) is 10.8. The highest BCUT2D eigenvalue weighted by atomic mass is 16.5. The molecule has 90 valence electrons. The Kier molecular flexibility index (Phi) is 4.81. The monoisotopic (exact) mass is 221 g/mol. The van der Waals surface area contributed by atoms with Crippen LogP contribution in [-0.2, 0) is 6.42 Å². The first-order valence-corrected chi connectivity index (χ1v) is 5.98. The molecule has 1 unspecified atom stereocenters. The third kappa shape index (κ3) is 3.24. The largest absolute Gasteiger partial charge is 0.496 e. The van der Waals surface area contributed by atoms with Crippen LogP contribution >= 0.6 is 0 Å². The summed E-state index contributed by atoms with van der Waals surface area (Å²) in [4.78, 5) is 0. The Labute approximate surface area is 98.8 Å². The van der Waals surface area contributed by atoms with Crippen LogP contribution < -0.4 is 10.5 Å². The van der Waals surface area contributed by atoms with E-state index in [2.05, 4.69) is 32.9 Å². The van der Waals surface area contributed by atoms with Crippen LogP contribution in [0.4, 0.5) is 0 Å². The lowest BCUT2D eigenvalue weighted by Crippen LogP contribution is -2.19. The third-order valence-corrected chi connectivity index (χ3v) is 3.16. The van der Waals surface area contributed by atoms with Crippen molar-refractivity contribution in [3.8, 4) is 5.75 Å². The van der Waals surface area contributed by atoms with Gasteiger partial charge in [-0.3, -0.25) is 0 Å². The lowest BCUT2D eigenvalue weighted by atomic mass is 9.98. The van der Waals surface area contributed by atoms with E-state index in [1.165, 1.54) is 16.7 Å². The fraction of sp³-hybridized carbons (Fsp3) is 0.571. The summed E-state index contributed by atoms with van der Waals surface area (Å²) in [5.41, 5.74) is 9.83. The maximum absolute atomic E-state index is 5.94. The van der Waals surface area contributed by atoms with E-state index < -0.39 is 0 Å². The van der Waals surface area contributed by atoms with E-state index >= 15 is 0 Å². The molecule has 0 amide bonds. The molecule has 0 heterocycles. The van der Waals surface area contributed by atoms with Crippen molar-refractivity contribution in [2.45, 2.75) is 46.1 Å². The van der Waals surface area contributed by atoms with Gasteiger partial charge in [-0.15, -0.1) is 0 Å². The predicted molar refractivity (Wildman–Crippen MR) is 69.1 cm³/mol. The van der Waals surface area contributed by atoms with Gasteiger partial charge < -0.3 is 10.5 Å². The number of methoxy groups -OCH3 is 1. The second-order valence-corrected chi connectivity index (χ2v) is 4.46. The Morgan fingerprint density at radius 3 is 2.50 bits per heavy atom. The molecule has 1 rings (SSSR count). The lowest BCUT2D eigenvalue weighted by molar-refractivity contribution is 0.411. The highest BCUT2D eigenvalue weighted by Crippen LogP contribution is 2.23. The molecule has 2 nitrogen and oxygen atoms in total. The molecule has 2 N–H and O–H groups in total. The smallest absolute Gasteiger partial charge is 0.122 e. The summed E-state index contributed by atoms with van der Waals surface area (Å²) in [6.07, 6.45) is 3.17. The Bertz CT molecular complexity index is 347. The molecule has 0 fully saturated rings. The molecule has 2 heteroatoms. The fourth-order valence-corrected chi connectivity index (χ4v) is 1.88. The summed E-state index contributed by atoms with van der Waals surface area (Å²) in [5.74, 6) is 0.973. The van der Waals surface area contributed by atoms with Gasteiger partial charge in [0.1, 0.15) is 5.75 Å². The van der Waals surface area contributed by atoms with Crippen molar-refractivity contribution in [3.05, 3.63) is 28.8 Å². The van der Waals surface area contributed by atoms with Crippen molar-refractivity contribution in [1.82, 2.24) is 0 Å². The maximum atomic E-state index is 5.94. The lowest BCUT2D eigenvalue weighted by Gasteiger charge is -2.13. The van der Waals surface area contributed by atoms with Gasteiger partial charge >= 0.3 is 0 Å². The summed E-state index contributed by atoms with van der Waals surface area (Å²) >= 11 is 0. The van der Waals surface area contributed by atoms with E-state index in [4.69, 9.17) is 10.5 Å². The molecule has 0 saturated carbocycles. The van der Waals surface area contributed by atoms with E-state index in [1.807, 2.05) is 0 Å². The van der Waals surface area contributed by atoms with Crippen LogP contribution in [0, 0.1) is 13.8 Å². The minimum Gasteiger partial charge on any atom is -0.496 e. The molecule has 0 aliphatic carbocycles. The summed E-state index contributed by atoms with van der Waals surface area (Å²) in [7, 11) is 1.72. The normalized spacial score (nSPS) is 12.6. The molecule has 1 aromatic rings. The van der Waals surface area contributed by atoms with E-state index in [-0.39, 0.29) is 0 Å². The SMILES string of the molecule is CCC(N)CCc1cc(C)c(OC)cc1C. The van der Waals surface area contributed by atoms with E-state index in [9.17, 15) is 0 Å². The topological polar surface area (TPSA) is 35.2 Å². The van der Waals surface area contributed by atoms with Crippen LogP contribution in [0.5, 0.6) is 5.75 Å². The average Bonchev–Trinajstić information content (AvgIpc) is 2.29. The van der Waals surface area contributed by atoms with Crippen LogP contribution in [0.15, 0.2) is 12.1 Å². The number of rotatable bonds is 5. The Balaban J connectivity index is 2.77. The first-order chi connectivity index (χ1) is 7.58. The van der Waals surface area contributed by atoms with Gasteiger partial charge in [0, 0.05) is 6.04 Å². The van der Waals surface area contributed by atoms with Crippen LogP contribution in [0.25, 0.3) is 0 Å². The van der Waals surface area contributed by atoms with E-state index in [0.717, 1.165) is 25.0 Å². The second-order valence-electron chi connectivity index (χ2n) is 4.46. The minimum absolute atomic E-state index is 0.321. The minimum atomic E-state index is 0.321. The number of aryl methyl sites for hydroxylation is 3. The van der Waals surface area contributed by atoms with Gasteiger partial charge in [-0.2, -0.15) is 0 Å². The van der Waals surface area contributed by atoms with Gasteiger partial charge in [-0.05, 0) is 55.9 Å². The molecule has 0 aliphatic heterocycles. The summed E-state index contributed by atoms with van der Waals surface area (Å²) in [5, 5.41) is 0. The fourth-order valence-electron chi connectivity index (χ4n) is 1.88. The maximum Gasteiger partial charge on any atom is 0.122 e. The van der Waals surface area contributed by atoms with Crippen LogP contribution in [-0.4, -0.2) is 13.2 Å². The Hall–Kier alpha value is -1.02. The van der Waals surface area contributed by atoms with Gasteiger partial charge in [-0.1, -0.05) is 13.0 Å². The van der Waals surface area contributed by atoms with Gasteiger partial charge in [0.15, 0.2) is 0 Å². The molecular weight excluding hydrogens is 198 g/mol. The first-order valence-electron chi connectivity index (χ1n) is 5.98. The summed E-state index contributed by atoms with van der Waals surface area (Å²) < 4.78 is 5.30. The van der Waals surface area contributed by atoms with Crippen LogP contribution in [0.3, 0.4) is 0 Å². The number of hydrogen-bond donors (Lipinski definition) is 1. The quantitative estimate of drug-likeness (QED) is 0.829. The average molecular weight is 221 g/mol. The van der Waals surface area contributed by atoms with Crippen molar-refractivity contribution >= 4 is 0 Å². The van der Waals surface area contributed by atoms with Crippen LogP contribution in [0.2, 0.25) is 0 Å². The first kappa shape index (κ1) is 13.0. The number of benzene rings is 1. The van der Waals surface area contributed by atoms with Gasteiger partial charge in [0.2, 0.25) is 0 Å². The van der Waals surface area contributed by atoms with E-state index in [1.54, 1.807) is 7.11 Å². The summed E-state index contributed by atoms with van der Waals surface area (Å²) in [6.45, 7) is 6.35. The molecule has 0 radical (unpaired) electrons. The molecule has 0 spiro atoms. The molecule has 1 aromatic carbocycles. The Morgan fingerprint density at radius 1 is 1.25 bits per heavy atom. The van der Waals surface area contributed by atoms with Crippen molar-refractivity contribution in [3.63, 3.8) is 0 Å². The van der Waals surface area contributed by atoms with Gasteiger partial charge in [-0.25, -0.2) is 0 Å². The molecule has 0 aliphatic rings. The number of ether oxygens (including phenoxy) is 1. The second kappa shape index (κ2) is 5.90. The molecule has 0 aromatic heterocycles. The molecule has 16 heavy (non-hydrogen) atoms. The molecule has 1 atom stereocenters. The van der Waals surface area contributed by atoms with Crippen molar-refractivity contribution in [2.75, 3.05) is 7.11 Å². The molecular formula is C14H23NO. The highest BCUT2D eigenvalue weighted by molar-refractivity contribution is 5.41. The zero-order valence-corrected chi connectivity index (χ0v) is 10.8. The number of hydrogen-bond acceptors (Lipinski definition) is 2.